The lowest BCUT2D eigenvalue weighted by Crippen LogP contribution is -2.08. The van der Waals surface area contributed by atoms with Crippen molar-refractivity contribution in [3.63, 3.8) is 0 Å². The zero-order chi connectivity index (χ0) is 13.3. The minimum atomic E-state index is -4.42. The minimum absolute atomic E-state index is 0.237. The number of aromatic amines is 1. The second-order valence-electron chi connectivity index (χ2n) is 3.96. The van der Waals surface area contributed by atoms with E-state index < -0.39 is 17.8 Å². The van der Waals surface area contributed by atoms with Gasteiger partial charge in [0.1, 0.15) is 0 Å². The second-order valence-corrected chi connectivity index (χ2v) is 3.96. The van der Waals surface area contributed by atoms with Crippen LogP contribution in [0.15, 0.2) is 18.2 Å². The number of benzene rings is 1. The summed E-state index contributed by atoms with van der Waals surface area (Å²) in [4.78, 5) is 0. The number of aromatic nitrogens is 2. The van der Waals surface area contributed by atoms with Gasteiger partial charge < -0.3 is 10.8 Å². The Morgan fingerprint density at radius 3 is 2.72 bits per heavy atom. The molecule has 0 bridgehead atoms. The molecule has 0 radical (unpaired) electrons. The zero-order valence-corrected chi connectivity index (χ0v) is 9.33. The van der Waals surface area contributed by atoms with Crippen molar-refractivity contribution in [2.45, 2.75) is 18.7 Å². The molecule has 98 valence electrons. The van der Waals surface area contributed by atoms with E-state index in [-0.39, 0.29) is 24.0 Å². The summed E-state index contributed by atoms with van der Waals surface area (Å²) in [6, 6.07) is 3.21. The van der Waals surface area contributed by atoms with Gasteiger partial charge in [-0.05, 0) is 31.2 Å². The van der Waals surface area contributed by atoms with Gasteiger partial charge in [-0.15, -0.1) is 0 Å². The van der Waals surface area contributed by atoms with Crippen molar-refractivity contribution in [2.75, 3.05) is 6.54 Å². The molecule has 1 aromatic heterocycles. The van der Waals surface area contributed by atoms with Crippen molar-refractivity contribution in [1.82, 2.24) is 10.2 Å². The van der Waals surface area contributed by atoms with Crippen molar-refractivity contribution in [3.8, 4) is 0 Å². The van der Waals surface area contributed by atoms with E-state index in [1.165, 1.54) is 6.07 Å². The van der Waals surface area contributed by atoms with E-state index in [9.17, 15) is 18.3 Å². The number of H-pyrrole nitrogens is 1. The highest BCUT2D eigenvalue weighted by atomic mass is 19.4. The molecule has 2 rings (SSSR count). The third-order valence-electron chi connectivity index (χ3n) is 2.68. The number of hydrogen-bond acceptors (Lipinski definition) is 3. The van der Waals surface area contributed by atoms with Crippen LogP contribution in [0, 0.1) is 0 Å². The number of halogens is 3. The summed E-state index contributed by atoms with van der Waals surface area (Å²) in [5.41, 5.74) is 5.19. The fourth-order valence-electron chi connectivity index (χ4n) is 1.76. The molecule has 0 spiro atoms. The van der Waals surface area contributed by atoms with Crippen molar-refractivity contribution in [2.24, 2.45) is 5.73 Å². The molecule has 1 aromatic carbocycles. The highest BCUT2D eigenvalue weighted by molar-refractivity contribution is 5.82. The molecule has 4 nitrogen and oxygen atoms in total. The van der Waals surface area contributed by atoms with E-state index >= 15 is 0 Å². The van der Waals surface area contributed by atoms with E-state index in [0.29, 0.717) is 5.52 Å². The van der Waals surface area contributed by atoms with E-state index in [4.69, 9.17) is 5.73 Å². The first-order valence-electron chi connectivity index (χ1n) is 5.37. The van der Waals surface area contributed by atoms with Crippen LogP contribution in [0.2, 0.25) is 0 Å². The van der Waals surface area contributed by atoms with Gasteiger partial charge >= 0.3 is 6.18 Å². The van der Waals surface area contributed by atoms with Crippen LogP contribution in [0.1, 0.15) is 23.8 Å². The summed E-state index contributed by atoms with van der Waals surface area (Å²) < 4.78 is 37.8. The molecule has 0 aliphatic heterocycles. The number of fused-ring (bicyclic) bond motifs is 1. The number of nitrogens with one attached hydrogen (secondary N) is 1. The van der Waals surface area contributed by atoms with Crippen LogP contribution < -0.4 is 5.73 Å². The Labute approximate surface area is 101 Å². The number of nitrogens with zero attached hydrogens (tertiary/aromatic N) is 1. The summed E-state index contributed by atoms with van der Waals surface area (Å²) in [5, 5.41) is 16.4. The van der Waals surface area contributed by atoms with Crippen molar-refractivity contribution < 1.29 is 18.3 Å². The van der Waals surface area contributed by atoms with Crippen LogP contribution >= 0.6 is 0 Å². The van der Waals surface area contributed by atoms with Crippen molar-refractivity contribution in [1.29, 1.82) is 0 Å². The predicted molar refractivity (Wildman–Crippen MR) is 59.7 cm³/mol. The van der Waals surface area contributed by atoms with Gasteiger partial charge in [0.15, 0.2) is 0 Å². The van der Waals surface area contributed by atoms with Gasteiger partial charge in [-0.2, -0.15) is 18.3 Å². The van der Waals surface area contributed by atoms with Crippen LogP contribution in [0.5, 0.6) is 0 Å². The van der Waals surface area contributed by atoms with Gasteiger partial charge in [-0.25, -0.2) is 0 Å². The topological polar surface area (TPSA) is 74.9 Å². The lowest BCUT2D eigenvalue weighted by atomic mass is 10.1. The van der Waals surface area contributed by atoms with Crippen LogP contribution in [0.25, 0.3) is 10.9 Å². The van der Waals surface area contributed by atoms with E-state index in [1.54, 1.807) is 0 Å². The molecular formula is C11H12F3N3O. The summed E-state index contributed by atoms with van der Waals surface area (Å²) in [7, 11) is 0. The molecule has 2 aromatic rings. The van der Waals surface area contributed by atoms with Gasteiger partial charge in [0, 0.05) is 5.39 Å². The second kappa shape index (κ2) is 4.58. The number of hydrogen-bond donors (Lipinski definition) is 3. The third kappa shape index (κ3) is 2.32. The van der Waals surface area contributed by atoms with Crippen LogP contribution in [-0.4, -0.2) is 21.8 Å². The van der Waals surface area contributed by atoms with Gasteiger partial charge in [-0.3, -0.25) is 5.10 Å². The first-order chi connectivity index (χ1) is 8.43. The van der Waals surface area contributed by atoms with E-state index in [1.807, 2.05) is 0 Å². The molecule has 0 aliphatic rings. The van der Waals surface area contributed by atoms with Crippen LogP contribution in [-0.2, 0) is 6.18 Å². The normalized spacial score (nSPS) is 14.1. The zero-order valence-electron chi connectivity index (χ0n) is 9.33. The number of aliphatic hydroxyl groups is 1. The predicted octanol–water partition coefficient (Wildman–Crippen LogP) is 1.96. The lowest BCUT2D eigenvalue weighted by Gasteiger charge is -2.09. The van der Waals surface area contributed by atoms with Gasteiger partial charge in [0.2, 0.25) is 0 Å². The summed E-state index contributed by atoms with van der Waals surface area (Å²) in [5.74, 6) is 0. The molecule has 0 saturated heterocycles. The van der Waals surface area contributed by atoms with Crippen LogP contribution in [0.3, 0.4) is 0 Å². The SMILES string of the molecule is NCCC(O)c1[nH]nc2ccc(C(F)(F)F)cc12. The van der Waals surface area contributed by atoms with E-state index in [0.717, 1.165) is 12.1 Å². The highest BCUT2D eigenvalue weighted by Crippen LogP contribution is 2.33. The molecular weight excluding hydrogens is 247 g/mol. The Balaban J connectivity index is 2.50. The molecule has 0 amide bonds. The molecule has 4 N–H and O–H groups in total. The van der Waals surface area contributed by atoms with E-state index in [2.05, 4.69) is 10.2 Å². The fourth-order valence-corrected chi connectivity index (χ4v) is 1.76. The molecule has 1 heterocycles. The maximum atomic E-state index is 12.6. The largest absolute Gasteiger partial charge is 0.416 e. The highest BCUT2D eigenvalue weighted by Gasteiger charge is 2.31. The Morgan fingerprint density at radius 1 is 1.39 bits per heavy atom. The maximum Gasteiger partial charge on any atom is 0.416 e. The Bertz CT molecular complexity index is 550. The summed E-state index contributed by atoms with van der Waals surface area (Å²) >= 11 is 0. The maximum absolute atomic E-state index is 12.6. The van der Waals surface area contributed by atoms with Crippen molar-refractivity contribution in [3.05, 3.63) is 29.5 Å². The smallest absolute Gasteiger partial charge is 0.387 e. The first-order valence-corrected chi connectivity index (χ1v) is 5.37. The van der Waals surface area contributed by atoms with Gasteiger partial charge in [0.05, 0.1) is 22.9 Å². The van der Waals surface area contributed by atoms with Crippen LogP contribution in [0.4, 0.5) is 13.2 Å². The molecule has 0 saturated carbocycles. The molecule has 18 heavy (non-hydrogen) atoms. The van der Waals surface area contributed by atoms with Gasteiger partial charge in [0.25, 0.3) is 0 Å². The molecule has 1 atom stereocenters. The molecule has 0 fully saturated rings. The van der Waals surface area contributed by atoms with Crippen molar-refractivity contribution >= 4 is 10.9 Å². The fraction of sp³-hybridized carbons (Fsp3) is 0.364. The first kappa shape index (κ1) is 12.8. The Kier molecular flexibility index (Phi) is 3.27. The molecule has 0 aliphatic carbocycles. The minimum Gasteiger partial charge on any atom is -0.387 e. The number of alkyl halides is 3. The number of nitrogens with two attached hydrogens (primary N) is 1. The van der Waals surface area contributed by atoms with Gasteiger partial charge in [-0.1, -0.05) is 0 Å². The quantitative estimate of drug-likeness (QED) is 0.788. The number of aliphatic hydroxyl groups excluding tert-OH is 1. The Morgan fingerprint density at radius 2 is 2.11 bits per heavy atom. The average Bonchev–Trinajstić information content (AvgIpc) is 2.70. The average molecular weight is 259 g/mol. The lowest BCUT2D eigenvalue weighted by molar-refractivity contribution is -0.137. The summed E-state index contributed by atoms with van der Waals surface area (Å²) in [6.07, 6.45) is -5.10. The molecule has 7 heteroatoms. The molecule has 1 unspecified atom stereocenters. The third-order valence-corrected chi connectivity index (χ3v) is 2.68. The Hall–Kier alpha value is -1.60. The standard InChI is InChI=1S/C11H12F3N3O/c12-11(13,14)6-1-2-8-7(5-6)10(17-16-8)9(18)3-4-15/h1-2,5,9,18H,3-4,15H2,(H,16,17). The monoisotopic (exact) mass is 259 g/mol. The summed E-state index contributed by atoms with van der Waals surface area (Å²) in [6.45, 7) is 0.237. The number of rotatable bonds is 3.